The zero-order valence-corrected chi connectivity index (χ0v) is 13.4. The van der Waals surface area contributed by atoms with E-state index in [0.717, 1.165) is 56.0 Å². The van der Waals surface area contributed by atoms with Crippen molar-refractivity contribution in [3.63, 3.8) is 0 Å². The van der Waals surface area contributed by atoms with Crippen LogP contribution in [0.1, 0.15) is 28.4 Å². The molecule has 0 aromatic heterocycles. The highest BCUT2D eigenvalue weighted by molar-refractivity contribution is 5.94. The van der Waals surface area contributed by atoms with E-state index in [1.54, 1.807) is 0 Å². The lowest BCUT2D eigenvalue weighted by Gasteiger charge is -2.36. The number of carbonyl (C=O) groups is 1. The average molecular weight is 289 g/mol. The topological polar surface area (TPSA) is 49.6 Å². The normalized spacial score (nSPS) is 17.8. The number of nitrogens with two attached hydrogens (primary N) is 1. The van der Waals surface area contributed by atoms with Gasteiger partial charge in [0, 0.05) is 38.3 Å². The molecule has 0 spiro atoms. The fourth-order valence-electron chi connectivity index (χ4n) is 2.93. The van der Waals surface area contributed by atoms with Crippen molar-refractivity contribution in [2.75, 3.05) is 39.3 Å². The zero-order chi connectivity index (χ0) is 15.4. The smallest absolute Gasteiger partial charge is 0.253 e. The molecule has 0 radical (unpaired) electrons. The third-order valence-corrected chi connectivity index (χ3v) is 4.10. The minimum absolute atomic E-state index is 0.160. The average Bonchev–Trinajstić information content (AvgIpc) is 2.46. The molecule has 1 atom stereocenters. The van der Waals surface area contributed by atoms with Gasteiger partial charge in [0.2, 0.25) is 0 Å². The summed E-state index contributed by atoms with van der Waals surface area (Å²) in [5.74, 6) is 0.681. The van der Waals surface area contributed by atoms with Gasteiger partial charge in [0.25, 0.3) is 5.91 Å². The van der Waals surface area contributed by atoms with Crippen molar-refractivity contribution in [1.29, 1.82) is 0 Å². The second-order valence-corrected chi connectivity index (χ2v) is 6.31. The summed E-state index contributed by atoms with van der Waals surface area (Å²) in [5.41, 5.74) is 8.79. The number of hydrogen-bond acceptors (Lipinski definition) is 3. The van der Waals surface area contributed by atoms with Crippen LogP contribution in [0.2, 0.25) is 0 Å². The fraction of sp³-hybridized carbons (Fsp3) is 0.588. The first kappa shape index (κ1) is 16.0. The van der Waals surface area contributed by atoms with Crippen molar-refractivity contribution in [3.8, 4) is 0 Å². The van der Waals surface area contributed by atoms with Crippen LogP contribution in [-0.4, -0.2) is 55.0 Å². The third kappa shape index (κ3) is 4.29. The predicted molar refractivity (Wildman–Crippen MR) is 86.5 cm³/mol. The number of aryl methyl sites for hydroxylation is 2. The van der Waals surface area contributed by atoms with E-state index < -0.39 is 0 Å². The Balaban J connectivity index is 1.94. The molecule has 1 amide bonds. The van der Waals surface area contributed by atoms with Crippen molar-refractivity contribution in [2.45, 2.75) is 20.8 Å². The molecule has 21 heavy (non-hydrogen) atoms. The molecule has 0 saturated carbocycles. The molecule has 1 aromatic rings. The van der Waals surface area contributed by atoms with E-state index in [4.69, 9.17) is 5.73 Å². The van der Waals surface area contributed by atoms with Gasteiger partial charge >= 0.3 is 0 Å². The highest BCUT2D eigenvalue weighted by atomic mass is 16.2. The monoisotopic (exact) mass is 289 g/mol. The molecule has 1 unspecified atom stereocenters. The molecule has 2 N–H and O–H groups in total. The lowest BCUT2D eigenvalue weighted by Crippen LogP contribution is -2.50. The molecule has 1 fully saturated rings. The predicted octanol–water partition coefficient (Wildman–Crippen LogP) is 1.66. The first-order valence-electron chi connectivity index (χ1n) is 7.79. The highest BCUT2D eigenvalue weighted by Gasteiger charge is 2.22. The fourth-order valence-corrected chi connectivity index (χ4v) is 2.93. The summed E-state index contributed by atoms with van der Waals surface area (Å²) in [7, 11) is 0. The van der Waals surface area contributed by atoms with Crippen LogP contribution in [0.4, 0.5) is 0 Å². The van der Waals surface area contributed by atoms with Crippen LogP contribution in [0.15, 0.2) is 18.2 Å². The molecule has 4 heteroatoms. The number of benzene rings is 1. The standard InChI is InChI=1S/C17H27N3O/c1-13-8-14(2)10-16(9-13)17(21)20-6-4-19(5-7-20)12-15(3)11-18/h8-10,15H,4-7,11-12,18H2,1-3H3. The Labute approximate surface area is 127 Å². The van der Waals surface area contributed by atoms with Crippen molar-refractivity contribution in [2.24, 2.45) is 11.7 Å². The van der Waals surface area contributed by atoms with Gasteiger partial charge in [-0.05, 0) is 38.4 Å². The second kappa shape index (κ2) is 7.05. The first-order chi connectivity index (χ1) is 9.99. The van der Waals surface area contributed by atoms with Gasteiger partial charge in [-0.1, -0.05) is 24.1 Å². The van der Waals surface area contributed by atoms with Crippen molar-refractivity contribution >= 4 is 5.91 Å². The molecule has 0 bridgehead atoms. The first-order valence-corrected chi connectivity index (χ1v) is 7.79. The Kier molecular flexibility index (Phi) is 5.37. The molecular weight excluding hydrogens is 262 g/mol. The highest BCUT2D eigenvalue weighted by Crippen LogP contribution is 2.13. The van der Waals surface area contributed by atoms with Crippen LogP contribution in [0.3, 0.4) is 0 Å². The number of nitrogens with zero attached hydrogens (tertiary/aromatic N) is 2. The number of hydrogen-bond donors (Lipinski definition) is 1. The zero-order valence-electron chi connectivity index (χ0n) is 13.4. The van der Waals surface area contributed by atoms with E-state index in [0.29, 0.717) is 5.92 Å². The van der Waals surface area contributed by atoms with Gasteiger partial charge in [-0.2, -0.15) is 0 Å². The van der Waals surface area contributed by atoms with Crippen LogP contribution in [0.5, 0.6) is 0 Å². The molecule has 1 saturated heterocycles. The number of carbonyl (C=O) groups excluding carboxylic acids is 1. The Morgan fingerprint density at radius 2 is 1.71 bits per heavy atom. The molecule has 1 aromatic carbocycles. The second-order valence-electron chi connectivity index (χ2n) is 6.31. The number of piperazine rings is 1. The lowest BCUT2D eigenvalue weighted by molar-refractivity contribution is 0.0621. The lowest BCUT2D eigenvalue weighted by atomic mass is 10.1. The summed E-state index contributed by atoms with van der Waals surface area (Å²) < 4.78 is 0. The van der Waals surface area contributed by atoms with Crippen LogP contribution in [-0.2, 0) is 0 Å². The summed E-state index contributed by atoms with van der Waals surface area (Å²) >= 11 is 0. The largest absolute Gasteiger partial charge is 0.336 e. The van der Waals surface area contributed by atoms with Crippen LogP contribution in [0, 0.1) is 19.8 Å². The van der Waals surface area contributed by atoms with Gasteiger partial charge in [0.1, 0.15) is 0 Å². The molecule has 4 nitrogen and oxygen atoms in total. The number of rotatable bonds is 4. The maximum atomic E-state index is 12.6. The Bertz CT molecular complexity index is 473. The Morgan fingerprint density at radius 1 is 1.14 bits per heavy atom. The molecule has 1 heterocycles. The molecule has 2 rings (SSSR count). The van der Waals surface area contributed by atoms with Gasteiger partial charge in [-0.25, -0.2) is 0 Å². The summed E-state index contributed by atoms with van der Waals surface area (Å²) in [5, 5.41) is 0. The SMILES string of the molecule is Cc1cc(C)cc(C(=O)N2CCN(CC(C)CN)CC2)c1. The van der Waals surface area contributed by atoms with Crippen LogP contribution < -0.4 is 5.73 Å². The maximum absolute atomic E-state index is 12.6. The van der Waals surface area contributed by atoms with Crippen molar-refractivity contribution in [3.05, 3.63) is 34.9 Å². The minimum Gasteiger partial charge on any atom is -0.336 e. The van der Waals surface area contributed by atoms with Gasteiger partial charge in [-0.15, -0.1) is 0 Å². The van der Waals surface area contributed by atoms with E-state index in [9.17, 15) is 4.79 Å². The van der Waals surface area contributed by atoms with E-state index in [2.05, 4.69) is 17.9 Å². The van der Waals surface area contributed by atoms with Crippen LogP contribution in [0.25, 0.3) is 0 Å². The van der Waals surface area contributed by atoms with Gasteiger partial charge in [0.15, 0.2) is 0 Å². The van der Waals surface area contributed by atoms with E-state index in [-0.39, 0.29) is 5.91 Å². The number of amides is 1. The van der Waals surface area contributed by atoms with E-state index >= 15 is 0 Å². The van der Waals surface area contributed by atoms with E-state index in [1.165, 1.54) is 0 Å². The van der Waals surface area contributed by atoms with Gasteiger partial charge < -0.3 is 10.6 Å². The summed E-state index contributed by atoms with van der Waals surface area (Å²) in [6.07, 6.45) is 0. The molecule has 1 aliphatic heterocycles. The summed E-state index contributed by atoms with van der Waals surface area (Å²) in [4.78, 5) is 17.0. The van der Waals surface area contributed by atoms with E-state index in [1.807, 2.05) is 30.9 Å². The van der Waals surface area contributed by atoms with Crippen molar-refractivity contribution < 1.29 is 4.79 Å². The Morgan fingerprint density at radius 3 is 2.24 bits per heavy atom. The minimum atomic E-state index is 0.160. The molecule has 0 aliphatic carbocycles. The van der Waals surface area contributed by atoms with Crippen molar-refractivity contribution in [1.82, 2.24) is 9.80 Å². The molecule has 1 aliphatic rings. The molecular formula is C17H27N3O. The quantitative estimate of drug-likeness (QED) is 0.917. The summed E-state index contributed by atoms with van der Waals surface area (Å²) in [6, 6.07) is 6.07. The maximum Gasteiger partial charge on any atom is 0.253 e. The van der Waals surface area contributed by atoms with Gasteiger partial charge in [0.05, 0.1) is 0 Å². The van der Waals surface area contributed by atoms with Crippen LogP contribution >= 0.6 is 0 Å². The third-order valence-electron chi connectivity index (χ3n) is 4.10. The van der Waals surface area contributed by atoms with Gasteiger partial charge in [-0.3, -0.25) is 9.69 Å². The molecule has 116 valence electrons. The summed E-state index contributed by atoms with van der Waals surface area (Å²) in [6.45, 7) is 11.5. The Hall–Kier alpha value is -1.39.